The molecular weight excluding hydrogens is 412 g/mol. The van der Waals surface area contributed by atoms with E-state index in [0.717, 1.165) is 61.3 Å². The Bertz CT molecular complexity index is 1060. The monoisotopic (exact) mass is 444 g/mol. The number of hydrogen-bond acceptors (Lipinski definition) is 4. The van der Waals surface area contributed by atoms with Gasteiger partial charge in [0.05, 0.1) is 19.0 Å². The quantitative estimate of drug-likeness (QED) is 0.602. The van der Waals surface area contributed by atoms with Crippen LogP contribution in [0.2, 0.25) is 0 Å². The van der Waals surface area contributed by atoms with Gasteiger partial charge in [0.2, 0.25) is 5.91 Å². The van der Waals surface area contributed by atoms with Crippen LogP contribution in [0.3, 0.4) is 0 Å². The minimum Gasteiger partial charge on any atom is -0.497 e. The molecule has 1 N–H and O–H groups in total. The van der Waals surface area contributed by atoms with Gasteiger partial charge in [-0.25, -0.2) is 0 Å². The number of methoxy groups -OCH3 is 1. The highest BCUT2D eigenvalue weighted by Gasteiger charge is 2.40. The number of carbonyl (C=O) groups excluding carboxylic acids is 1. The Balaban J connectivity index is 1.35. The highest BCUT2D eigenvalue weighted by molar-refractivity contribution is 5.76. The second-order valence-corrected chi connectivity index (χ2v) is 9.15. The van der Waals surface area contributed by atoms with Gasteiger partial charge < -0.3 is 9.64 Å². The first-order valence-electron chi connectivity index (χ1n) is 12.0. The Morgan fingerprint density at radius 3 is 2.61 bits per heavy atom. The van der Waals surface area contributed by atoms with Gasteiger partial charge >= 0.3 is 0 Å². The molecule has 2 atom stereocenters. The number of nitrogens with zero attached hydrogens (tertiary/aromatic N) is 3. The lowest BCUT2D eigenvalue weighted by atomic mass is 9.96. The van der Waals surface area contributed by atoms with Crippen LogP contribution in [0.25, 0.3) is 11.3 Å². The molecule has 1 aromatic heterocycles. The van der Waals surface area contributed by atoms with Crippen LogP contribution in [-0.2, 0) is 17.9 Å². The van der Waals surface area contributed by atoms with E-state index in [1.54, 1.807) is 7.11 Å². The van der Waals surface area contributed by atoms with Gasteiger partial charge in [0, 0.05) is 43.7 Å². The molecule has 3 aromatic rings. The number of aromatic nitrogens is 2. The second kappa shape index (κ2) is 9.79. The SMILES string of the molecule is COc1ccc(CN2C(=O)CCCC[C@@H]3[C@@H]2CCN3Cc2cn[nH]c2-c2ccccc2)cc1. The molecule has 6 heteroatoms. The molecule has 2 fully saturated rings. The lowest BCUT2D eigenvalue weighted by Gasteiger charge is -2.37. The first kappa shape index (κ1) is 21.7. The van der Waals surface area contributed by atoms with Crippen molar-refractivity contribution in [1.29, 1.82) is 0 Å². The first-order chi connectivity index (χ1) is 16.2. The van der Waals surface area contributed by atoms with Crippen LogP contribution in [0, 0.1) is 0 Å². The van der Waals surface area contributed by atoms with Gasteiger partial charge in [0.15, 0.2) is 0 Å². The second-order valence-electron chi connectivity index (χ2n) is 9.15. The zero-order chi connectivity index (χ0) is 22.6. The van der Waals surface area contributed by atoms with Crippen molar-refractivity contribution in [3.05, 3.63) is 71.9 Å². The molecule has 2 aliphatic rings. The van der Waals surface area contributed by atoms with Crippen molar-refractivity contribution in [3.8, 4) is 17.0 Å². The number of hydrogen-bond donors (Lipinski definition) is 1. The average Bonchev–Trinajstić information content (AvgIpc) is 3.47. The Labute approximate surface area is 195 Å². The number of amides is 1. The summed E-state index contributed by atoms with van der Waals surface area (Å²) in [7, 11) is 1.68. The standard InChI is InChI=1S/C27H32N4O2/c1-33-23-13-11-20(12-14-23)18-31-25-15-16-30(24(25)9-5-6-10-26(31)32)19-22-17-28-29-27(22)21-7-3-2-4-8-21/h2-4,7-8,11-14,17,24-25H,5-6,9-10,15-16,18-19H2,1H3,(H,28,29)/t24-,25+/m1/s1. The molecule has 0 bridgehead atoms. The summed E-state index contributed by atoms with van der Waals surface area (Å²) in [4.78, 5) is 17.9. The number of ether oxygens (including phenoxy) is 1. The van der Waals surface area contributed by atoms with Crippen LogP contribution in [0.4, 0.5) is 0 Å². The molecule has 2 aliphatic heterocycles. The molecule has 0 radical (unpaired) electrons. The summed E-state index contributed by atoms with van der Waals surface area (Å²) in [6.07, 6.45) is 6.84. The van der Waals surface area contributed by atoms with Gasteiger partial charge in [-0.2, -0.15) is 5.10 Å². The Hall–Kier alpha value is -3.12. The maximum absolute atomic E-state index is 13.2. The summed E-state index contributed by atoms with van der Waals surface area (Å²) in [5.74, 6) is 1.13. The van der Waals surface area contributed by atoms with Crippen LogP contribution >= 0.6 is 0 Å². The number of rotatable bonds is 6. The molecule has 3 heterocycles. The molecule has 2 saturated heterocycles. The van der Waals surface area contributed by atoms with E-state index in [1.165, 1.54) is 5.56 Å². The minimum absolute atomic E-state index is 0.256. The summed E-state index contributed by atoms with van der Waals surface area (Å²) in [5.41, 5.74) is 4.63. The smallest absolute Gasteiger partial charge is 0.223 e. The van der Waals surface area contributed by atoms with Gasteiger partial charge in [-0.3, -0.25) is 14.8 Å². The van der Waals surface area contributed by atoms with Crippen molar-refractivity contribution < 1.29 is 9.53 Å². The lowest BCUT2D eigenvalue weighted by molar-refractivity contribution is -0.135. The van der Waals surface area contributed by atoms with Crippen LogP contribution in [0.5, 0.6) is 5.75 Å². The summed E-state index contributed by atoms with van der Waals surface area (Å²) in [6, 6.07) is 19.1. The van der Waals surface area contributed by atoms with E-state index in [-0.39, 0.29) is 11.9 Å². The predicted molar refractivity (Wildman–Crippen MR) is 129 cm³/mol. The number of fused-ring (bicyclic) bond motifs is 1. The fraction of sp³-hybridized carbons (Fsp3) is 0.407. The summed E-state index contributed by atoms with van der Waals surface area (Å²) >= 11 is 0. The van der Waals surface area contributed by atoms with Gasteiger partial charge in [-0.05, 0) is 42.5 Å². The van der Waals surface area contributed by atoms with Crippen molar-refractivity contribution in [2.75, 3.05) is 13.7 Å². The van der Waals surface area contributed by atoms with E-state index in [2.05, 4.69) is 56.4 Å². The van der Waals surface area contributed by atoms with Gasteiger partial charge in [-0.15, -0.1) is 0 Å². The van der Waals surface area contributed by atoms with Crippen molar-refractivity contribution in [2.45, 2.75) is 57.3 Å². The Kier molecular flexibility index (Phi) is 6.44. The third kappa shape index (κ3) is 4.67. The number of likely N-dealkylation sites (tertiary alicyclic amines) is 2. The van der Waals surface area contributed by atoms with Crippen LogP contribution in [0.1, 0.15) is 43.2 Å². The molecule has 0 aliphatic carbocycles. The molecule has 5 rings (SSSR count). The third-order valence-electron chi connectivity index (χ3n) is 7.15. The highest BCUT2D eigenvalue weighted by atomic mass is 16.5. The molecule has 33 heavy (non-hydrogen) atoms. The van der Waals surface area contributed by atoms with Crippen LogP contribution < -0.4 is 4.74 Å². The van der Waals surface area contributed by atoms with Gasteiger partial charge in [0.1, 0.15) is 5.75 Å². The van der Waals surface area contributed by atoms with E-state index in [0.29, 0.717) is 19.0 Å². The van der Waals surface area contributed by atoms with Gasteiger partial charge in [-0.1, -0.05) is 48.9 Å². The molecule has 2 aromatic carbocycles. The number of H-pyrrole nitrogens is 1. The van der Waals surface area contributed by atoms with E-state index < -0.39 is 0 Å². The number of aromatic amines is 1. The highest BCUT2D eigenvalue weighted by Crippen LogP contribution is 2.33. The fourth-order valence-corrected chi connectivity index (χ4v) is 5.43. The molecule has 1 amide bonds. The van der Waals surface area contributed by atoms with E-state index in [9.17, 15) is 4.79 Å². The molecule has 0 unspecified atom stereocenters. The lowest BCUT2D eigenvalue weighted by Crippen LogP contribution is -2.48. The summed E-state index contributed by atoms with van der Waals surface area (Å²) < 4.78 is 5.30. The van der Waals surface area contributed by atoms with Crippen LogP contribution in [0.15, 0.2) is 60.8 Å². The van der Waals surface area contributed by atoms with Gasteiger partial charge in [0.25, 0.3) is 0 Å². The van der Waals surface area contributed by atoms with E-state index >= 15 is 0 Å². The van der Waals surface area contributed by atoms with Crippen molar-refractivity contribution in [2.24, 2.45) is 0 Å². The van der Waals surface area contributed by atoms with Crippen LogP contribution in [-0.4, -0.2) is 51.6 Å². The molecular formula is C27H32N4O2. The largest absolute Gasteiger partial charge is 0.497 e. The zero-order valence-electron chi connectivity index (χ0n) is 19.2. The zero-order valence-corrected chi connectivity index (χ0v) is 19.2. The average molecular weight is 445 g/mol. The van der Waals surface area contributed by atoms with Crippen molar-refractivity contribution in [1.82, 2.24) is 20.0 Å². The molecule has 6 nitrogen and oxygen atoms in total. The summed E-state index contributed by atoms with van der Waals surface area (Å²) in [6.45, 7) is 2.52. The predicted octanol–water partition coefficient (Wildman–Crippen LogP) is 4.63. The maximum atomic E-state index is 13.2. The molecule has 0 saturated carbocycles. The van der Waals surface area contributed by atoms with Crippen molar-refractivity contribution >= 4 is 5.91 Å². The molecule has 172 valence electrons. The Morgan fingerprint density at radius 1 is 1.00 bits per heavy atom. The molecule has 0 spiro atoms. The van der Waals surface area contributed by atoms with E-state index in [1.807, 2.05) is 24.4 Å². The number of nitrogens with one attached hydrogen (secondary N) is 1. The Morgan fingerprint density at radius 2 is 1.82 bits per heavy atom. The number of benzene rings is 2. The van der Waals surface area contributed by atoms with Crippen molar-refractivity contribution in [3.63, 3.8) is 0 Å². The third-order valence-corrected chi connectivity index (χ3v) is 7.15. The topological polar surface area (TPSA) is 61.5 Å². The fourth-order valence-electron chi connectivity index (χ4n) is 5.43. The first-order valence-corrected chi connectivity index (χ1v) is 12.0. The number of carbonyl (C=O) groups is 1. The minimum atomic E-state index is 0.256. The van der Waals surface area contributed by atoms with E-state index in [4.69, 9.17) is 4.74 Å². The normalized spacial score (nSPS) is 21.5. The summed E-state index contributed by atoms with van der Waals surface area (Å²) in [5, 5.41) is 7.55. The maximum Gasteiger partial charge on any atom is 0.223 e.